The molecule has 0 saturated heterocycles. The van der Waals surface area contributed by atoms with E-state index >= 15 is 0 Å². The zero-order valence-corrected chi connectivity index (χ0v) is 47.5. The zero-order valence-electron chi connectivity index (χ0n) is 45.9. The predicted molar refractivity (Wildman–Crippen MR) is 319 cm³/mol. The molecule has 13 heteroatoms. The van der Waals surface area contributed by atoms with Crippen LogP contribution in [0.5, 0.6) is 34.5 Å². The van der Waals surface area contributed by atoms with Crippen molar-refractivity contribution in [1.29, 1.82) is 0 Å². The van der Waals surface area contributed by atoms with Gasteiger partial charge in [-0.15, -0.1) is 0 Å². The highest BCUT2D eigenvalue weighted by molar-refractivity contribution is 7.91. The Morgan fingerprint density at radius 2 is 0.488 bits per heavy atom. The Hall–Kier alpha value is -9.69. The van der Waals surface area contributed by atoms with Gasteiger partial charge in [-0.2, -0.15) is 0 Å². The Morgan fingerprint density at radius 1 is 0.280 bits per heavy atom. The van der Waals surface area contributed by atoms with Crippen molar-refractivity contribution in [3.05, 3.63) is 287 Å². The first-order valence-corrected chi connectivity index (χ1v) is 28.8. The monoisotopic (exact) mass is 1130 g/mol. The number of hydrogen-bond donors (Lipinski definition) is 0. The van der Waals surface area contributed by atoms with Crippen LogP contribution in [0.3, 0.4) is 0 Å². The van der Waals surface area contributed by atoms with Crippen molar-refractivity contribution in [2.75, 3.05) is 14.2 Å². The largest absolute Gasteiger partial charge is 0.497 e. The van der Waals surface area contributed by atoms with Crippen molar-refractivity contribution >= 4 is 37.0 Å². The summed E-state index contributed by atoms with van der Waals surface area (Å²) in [6.45, 7) is 7.36. The first-order valence-electron chi connectivity index (χ1n) is 25.9. The van der Waals surface area contributed by atoms with E-state index in [1.807, 2.05) is 45.0 Å². The minimum Gasteiger partial charge on any atom is -0.497 e. The molecule has 0 N–H and O–H groups in total. The van der Waals surface area contributed by atoms with Gasteiger partial charge in [0.25, 0.3) is 0 Å². The van der Waals surface area contributed by atoms with Gasteiger partial charge < -0.3 is 18.9 Å². The summed E-state index contributed by atoms with van der Waals surface area (Å²) in [4.78, 5) is 37.2. The molecule has 0 fully saturated rings. The molecule has 0 radical (unpaired) electrons. The maximum Gasteiger partial charge on any atom is 0.206 e. The summed E-state index contributed by atoms with van der Waals surface area (Å²) in [5.74, 6) is 4.08. The lowest BCUT2D eigenvalue weighted by Crippen LogP contribution is -2.02. The lowest BCUT2D eigenvalue weighted by atomic mass is 10.0. The van der Waals surface area contributed by atoms with Crippen LogP contribution in [0.4, 0.5) is 0 Å². The number of methoxy groups -OCH3 is 2. The SMILES string of the molecule is COc1ccc(C(=O)c2ccc(Oc3ccc(C(C)=O)cc3)cc2)cc1.COc1ccc(C(=O)c2ccc(Oc3ccc(C)cc3)cc2)cc1.Cc1ccc(S(=O)(=O)c2ccc(-c3ccc(S(=O)(=O)c4ccc(C)cc4)cc3)cc2)cc1. The lowest BCUT2D eigenvalue weighted by molar-refractivity contribution is 0.101. The van der Waals surface area contributed by atoms with E-state index in [2.05, 4.69) is 0 Å². The molecule has 10 aromatic carbocycles. The standard InChI is InChI=1S/C26H22O4S2.C22H18O4.C21H18O3/c1-19-3-11-23(12-4-19)31(27,28)25-15-7-21(8-16-25)22-9-17-26(18-10-22)32(29,30)24-13-5-20(2)6-14-24;1-15(23)16-3-11-20(12-4-16)26-21-13-7-18(8-14-21)22(24)17-5-9-19(25-2)10-6-17;1-15-3-9-19(10-4-15)24-20-13-7-17(8-14-20)21(22)16-5-11-18(23-2)12-6-16/h3-18H,1-2H3;3-14H,1-2H3;3-14H,1-2H3. The third-order valence-electron chi connectivity index (χ3n) is 13.0. The zero-order chi connectivity index (χ0) is 58.4. The fraction of sp³-hybridized carbons (Fsp3) is 0.0870. The van der Waals surface area contributed by atoms with Crippen molar-refractivity contribution in [3.63, 3.8) is 0 Å². The van der Waals surface area contributed by atoms with Crippen LogP contribution in [0.15, 0.2) is 262 Å². The van der Waals surface area contributed by atoms with Gasteiger partial charge in [0, 0.05) is 27.8 Å². The van der Waals surface area contributed by atoms with Gasteiger partial charge in [0.15, 0.2) is 17.3 Å². The summed E-state index contributed by atoms with van der Waals surface area (Å²) in [6, 6.07) is 69.6. The number of benzene rings is 10. The van der Waals surface area contributed by atoms with Crippen LogP contribution < -0.4 is 18.9 Å². The van der Waals surface area contributed by atoms with Gasteiger partial charge in [-0.3, -0.25) is 14.4 Å². The molecule has 10 rings (SSSR count). The van der Waals surface area contributed by atoms with Crippen LogP contribution in [0.1, 0.15) is 65.8 Å². The summed E-state index contributed by atoms with van der Waals surface area (Å²) >= 11 is 0. The molecule has 11 nitrogen and oxygen atoms in total. The van der Waals surface area contributed by atoms with Gasteiger partial charge in [0.2, 0.25) is 19.7 Å². The molecule has 0 saturated carbocycles. The molecule has 0 aliphatic rings. The number of aryl methyl sites for hydroxylation is 3. The molecule has 0 aliphatic carbocycles. The molecule has 0 spiro atoms. The van der Waals surface area contributed by atoms with E-state index in [1.165, 1.54) is 12.5 Å². The summed E-state index contributed by atoms with van der Waals surface area (Å²) < 4.78 is 73.1. The quantitative estimate of drug-likeness (QED) is 0.0848. The highest BCUT2D eigenvalue weighted by Crippen LogP contribution is 2.30. The normalized spacial score (nSPS) is 10.9. The summed E-state index contributed by atoms with van der Waals surface area (Å²) in [6.07, 6.45) is 0. The van der Waals surface area contributed by atoms with Gasteiger partial charge >= 0.3 is 0 Å². The van der Waals surface area contributed by atoms with Gasteiger partial charge in [0.05, 0.1) is 33.8 Å². The second-order valence-electron chi connectivity index (χ2n) is 18.9. The Bertz CT molecular complexity index is 3900. The average molecular weight is 1130 g/mol. The Morgan fingerprint density at radius 3 is 0.732 bits per heavy atom. The summed E-state index contributed by atoms with van der Waals surface area (Å²) in [7, 11) is -4.00. The van der Waals surface area contributed by atoms with Crippen LogP contribution >= 0.6 is 0 Å². The van der Waals surface area contributed by atoms with Gasteiger partial charge in [-0.1, -0.05) is 77.4 Å². The number of ether oxygens (including phenoxy) is 4. The van der Waals surface area contributed by atoms with Gasteiger partial charge in [-0.25, -0.2) is 16.8 Å². The molecular weight excluding hydrogens is 1070 g/mol. The second-order valence-corrected chi connectivity index (χ2v) is 22.8. The van der Waals surface area contributed by atoms with Crippen LogP contribution in [-0.4, -0.2) is 48.4 Å². The van der Waals surface area contributed by atoms with Gasteiger partial charge in [-0.05, 0) is 221 Å². The molecule has 0 bridgehead atoms. The van der Waals surface area contributed by atoms with Crippen LogP contribution in [0.2, 0.25) is 0 Å². The average Bonchev–Trinajstić information content (AvgIpc) is 3.56. The third kappa shape index (κ3) is 14.9. The highest BCUT2D eigenvalue weighted by Gasteiger charge is 2.20. The topological polar surface area (TPSA) is 156 Å². The van der Waals surface area contributed by atoms with E-state index in [1.54, 1.807) is 233 Å². The maximum absolute atomic E-state index is 12.8. The van der Waals surface area contributed by atoms with E-state index < -0.39 is 19.7 Å². The van der Waals surface area contributed by atoms with E-state index in [0.717, 1.165) is 33.8 Å². The summed E-state index contributed by atoms with van der Waals surface area (Å²) in [5, 5.41) is 0. The van der Waals surface area contributed by atoms with E-state index in [-0.39, 0.29) is 36.9 Å². The van der Waals surface area contributed by atoms with Crippen molar-refractivity contribution in [1.82, 2.24) is 0 Å². The molecule has 82 heavy (non-hydrogen) atoms. The predicted octanol–water partition coefficient (Wildman–Crippen LogP) is 15.6. The molecule has 10 aromatic rings. The molecule has 412 valence electrons. The third-order valence-corrected chi connectivity index (χ3v) is 16.6. The van der Waals surface area contributed by atoms with Crippen LogP contribution in [0.25, 0.3) is 11.1 Å². The van der Waals surface area contributed by atoms with Gasteiger partial charge in [0.1, 0.15) is 34.5 Å². The fourth-order valence-corrected chi connectivity index (χ4v) is 10.7. The first-order chi connectivity index (χ1) is 39.4. The van der Waals surface area contributed by atoms with E-state index in [9.17, 15) is 31.2 Å². The lowest BCUT2D eigenvalue weighted by Gasteiger charge is -2.09. The highest BCUT2D eigenvalue weighted by atomic mass is 32.2. The number of carbonyl (C=O) groups is 3. The maximum atomic E-state index is 12.8. The minimum absolute atomic E-state index is 0.0120. The number of sulfone groups is 2. The molecule has 0 amide bonds. The number of hydrogen-bond acceptors (Lipinski definition) is 11. The van der Waals surface area contributed by atoms with Crippen molar-refractivity contribution in [2.24, 2.45) is 0 Å². The second kappa shape index (κ2) is 26.5. The molecular formula is C69H58O11S2. The Balaban J connectivity index is 0.000000163. The van der Waals surface area contributed by atoms with Crippen molar-refractivity contribution in [2.45, 2.75) is 47.3 Å². The first kappa shape index (κ1) is 58.5. The fourth-order valence-electron chi connectivity index (χ4n) is 8.16. The van der Waals surface area contributed by atoms with E-state index in [0.29, 0.717) is 50.8 Å². The Kier molecular flexibility index (Phi) is 18.9. The van der Waals surface area contributed by atoms with Crippen LogP contribution in [0, 0.1) is 20.8 Å². The summed E-state index contributed by atoms with van der Waals surface area (Å²) in [5.41, 5.74) is 7.83. The number of ketones is 3. The molecule has 0 heterocycles. The number of carbonyl (C=O) groups excluding carboxylic acids is 3. The van der Waals surface area contributed by atoms with Crippen molar-refractivity contribution in [3.8, 4) is 45.6 Å². The number of Topliss-reactive ketones (excluding diaryl/α,β-unsaturated/α-hetero) is 1. The molecule has 0 aromatic heterocycles. The molecule has 0 aliphatic heterocycles. The van der Waals surface area contributed by atoms with Crippen molar-refractivity contribution < 1.29 is 50.2 Å². The van der Waals surface area contributed by atoms with E-state index in [4.69, 9.17) is 18.9 Å². The Labute approximate surface area is 478 Å². The molecule has 0 atom stereocenters. The molecule has 0 unspecified atom stereocenters. The number of rotatable bonds is 16. The van der Waals surface area contributed by atoms with Crippen LogP contribution in [-0.2, 0) is 19.7 Å². The smallest absolute Gasteiger partial charge is 0.206 e. The minimum atomic E-state index is -3.59.